The first-order valence-corrected chi connectivity index (χ1v) is 5.18. The van der Waals surface area contributed by atoms with E-state index in [1.165, 1.54) is 5.56 Å². The van der Waals surface area contributed by atoms with Crippen molar-refractivity contribution < 1.29 is 8.42 Å². The lowest BCUT2D eigenvalue weighted by Crippen LogP contribution is -1.99. The lowest BCUT2D eigenvalue weighted by atomic mass is 10.0. The van der Waals surface area contributed by atoms with Crippen LogP contribution in [-0.2, 0) is 10.9 Å². The average molecular weight is 199 g/mol. The molecule has 4 heteroatoms. The first-order valence-electron chi connectivity index (χ1n) is 4.00. The maximum absolute atomic E-state index is 10.4. The minimum Gasteiger partial charge on any atom is -0.285 e. The van der Waals surface area contributed by atoms with Crippen molar-refractivity contribution in [1.82, 2.24) is 0 Å². The molecule has 0 heterocycles. The Labute approximate surface area is 79.9 Å². The van der Waals surface area contributed by atoms with Crippen molar-refractivity contribution in [3.63, 3.8) is 0 Å². The smallest absolute Gasteiger partial charge is 0.222 e. The highest BCUT2D eigenvalue weighted by Crippen LogP contribution is 2.21. The first kappa shape index (κ1) is 10.1. The Morgan fingerprint density at radius 1 is 1.08 bits per heavy atom. The van der Waals surface area contributed by atoms with Crippen LogP contribution in [0.1, 0.15) is 16.7 Å². The highest BCUT2D eigenvalue weighted by molar-refractivity contribution is 7.73. The Morgan fingerprint density at radius 3 is 2.23 bits per heavy atom. The van der Waals surface area contributed by atoms with Gasteiger partial charge in [0.15, 0.2) is 0 Å². The molecule has 0 spiro atoms. The van der Waals surface area contributed by atoms with Gasteiger partial charge in [0.2, 0.25) is 10.9 Å². The number of hydrogen-bond acceptors (Lipinski definition) is 2. The summed E-state index contributed by atoms with van der Waals surface area (Å²) in [4.78, 5) is 0. The van der Waals surface area contributed by atoms with Gasteiger partial charge in [-0.25, -0.2) is 8.42 Å². The van der Waals surface area contributed by atoms with Gasteiger partial charge in [0.25, 0.3) is 0 Å². The molecule has 0 unspecified atom stereocenters. The lowest BCUT2D eigenvalue weighted by molar-refractivity contribution is 0.619. The van der Waals surface area contributed by atoms with Crippen LogP contribution >= 0.6 is 0 Å². The number of hydrogen-bond donors (Lipinski definition) is 2. The second kappa shape index (κ2) is 3.79. The van der Waals surface area contributed by atoms with Crippen LogP contribution in [0.25, 0.3) is 0 Å². The summed E-state index contributed by atoms with van der Waals surface area (Å²) in [5.74, 6) is 0. The largest absolute Gasteiger partial charge is 0.285 e. The predicted molar refractivity (Wildman–Crippen MR) is 54.6 cm³/mol. The molecule has 0 aliphatic carbocycles. The van der Waals surface area contributed by atoms with Crippen LogP contribution in [0.5, 0.6) is 0 Å². The summed E-state index contributed by atoms with van der Waals surface area (Å²) in [5.41, 5.74) is 3.95. The van der Waals surface area contributed by atoms with E-state index in [9.17, 15) is 8.42 Å². The van der Waals surface area contributed by atoms with Crippen molar-refractivity contribution in [3.8, 4) is 0 Å². The van der Waals surface area contributed by atoms with Gasteiger partial charge in [-0.2, -0.15) is 0 Å². The van der Waals surface area contributed by atoms with Crippen LogP contribution < -0.4 is 4.72 Å². The molecule has 1 N–H and O–H groups in total. The van der Waals surface area contributed by atoms with Crippen LogP contribution in [0, 0.1) is 20.8 Å². The Morgan fingerprint density at radius 2 is 1.69 bits per heavy atom. The quantitative estimate of drug-likeness (QED) is 0.710. The number of aryl methyl sites for hydroxylation is 1. The molecule has 0 aliphatic rings. The molecule has 0 saturated heterocycles. The van der Waals surface area contributed by atoms with Crippen molar-refractivity contribution in [2.75, 3.05) is 4.72 Å². The molecule has 3 nitrogen and oxygen atoms in total. The SMILES string of the molecule is Cc1ccc(N[SH](=O)=O)c(C)c1C. The average Bonchev–Trinajstić information content (AvgIpc) is 2.06. The fourth-order valence-electron chi connectivity index (χ4n) is 1.18. The second-order valence-electron chi connectivity index (χ2n) is 3.05. The molecule has 72 valence electrons. The summed E-state index contributed by atoms with van der Waals surface area (Å²) in [6.07, 6.45) is 0. The van der Waals surface area contributed by atoms with Gasteiger partial charge in [0.05, 0.1) is 5.69 Å². The third-order valence-corrected chi connectivity index (χ3v) is 2.69. The summed E-state index contributed by atoms with van der Waals surface area (Å²) >= 11 is 0. The molecule has 13 heavy (non-hydrogen) atoms. The molecule has 0 aromatic heterocycles. The number of thiol groups is 1. The molecular formula is C9H13NO2S. The molecule has 1 rings (SSSR count). The molecule has 0 amide bonds. The van der Waals surface area contributed by atoms with Crippen molar-refractivity contribution in [3.05, 3.63) is 28.8 Å². The van der Waals surface area contributed by atoms with Crippen molar-refractivity contribution in [1.29, 1.82) is 0 Å². The molecule has 1 aromatic rings. The summed E-state index contributed by atoms with van der Waals surface area (Å²) in [6, 6.07) is 3.69. The van der Waals surface area contributed by atoms with Gasteiger partial charge in [-0.1, -0.05) is 6.07 Å². The molecule has 0 radical (unpaired) electrons. The van der Waals surface area contributed by atoms with Crippen LogP contribution in [0.2, 0.25) is 0 Å². The van der Waals surface area contributed by atoms with Gasteiger partial charge in [-0.3, -0.25) is 4.72 Å². The normalized spacial score (nSPS) is 10.5. The molecule has 0 aliphatic heterocycles. The zero-order chi connectivity index (χ0) is 10.0. The standard InChI is InChI=1S/C9H13NO2S/c1-6-4-5-9(10-13(11)12)8(3)7(6)2/h4-5,13H,1-3H3,(H,10,11,12). The Bertz CT molecular complexity index is 389. The second-order valence-corrected chi connectivity index (χ2v) is 3.79. The predicted octanol–water partition coefficient (Wildman–Crippen LogP) is 1.55. The number of benzene rings is 1. The fraction of sp³-hybridized carbons (Fsp3) is 0.333. The summed E-state index contributed by atoms with van der Waals surface area (Å²) in [7, 11) is -2.56. The van der Waals surface area contributed by atoms with E-state index in [-0.39, 0.29) is 0 Å². The van der Waals surface area contributed by atoms with Crippen molar-refractivity contribution >= 4 is 16.6 Å². The van der Waals surface area contributed by atoms with Crippen molar-refractivity contribution in [2.45, 2.75) is 20.8 Å². The molecular weight excluding hydrogens is 186 g/mol. The Hall–Kier alpha value is -1.03. The van der Waals surface area contributed by atoms with Crippen molar-refractivity contribution in [2.24, 2.45) is 0 Å². The monoisotopic (exact) mass is 199 g/mol. The summed E-state index contributed by atoms with van der Waals surface area (Å²) in [6.45, 7) is 5.89. The summed E-state index contributed by atoms with van der Waals surface area (Å²) in [5, 5.41) is 0. The van der Waals surface area contributed by atoms with E-state index < -0.39 is 10.9 Å². The lowest BCUT2D eigenvalue weighted by Gasteiger charge is -2.09. The Kier molecular flexibility index (Phi) is 2.93. The topological polar surface area (TPSA) is 46.2 Å². The zero-order valence-electron chi connectivity index (χ0n) is 7.92. The van der Waals surface area contributed by atoms with Gasteiger partial charge in [-0.05, 0) is 43.5 Å². The van der Waals surface area contributed by atoms with Gasteiger partial charge >= 0.3 is 0 Å². The minimum absolute atomic E-state index is 0.666. The van der Waals surface area contributed by atoms with Gasteiger partial charge < -0.3 is 0 Å². The maximum atomic E-state index is 10.4. The fourth-order valence-corrected chi connectivity index (χ4v) is 1.61. The van der Waals surface area contributed by atoms with Crippen LogP contribution in [0.4, 0.5) is 5.69 Å². The zero-order valence-corrected chi connectivity index (χ0v) is 8.81. The molecule has 1 aromatic carbocycles. The number of anilines is 1. The van der Waals surface area contributed by atoms with E-state index in [2.05, 4.69) is 4.72 Å². The first-order chi connectivity index (χ1) is 6.02. The van der Waals surface area contributed by atoms with Gasteiger partial charge in [0, 0.05) is 0 Å². The maximum Gasteiger partial charge on any atom is 0.222 e. The summed E-state index contributed by atoms with van der Waals surface area (Å²) < 4.78 is 23.3. The highest BCUT2D eigenvalue weighted by atomic mass is 32.2. The third kappa shape index (κ3) is 2.21. The number of rotatable bonds is 2. The van der Waals surface area contributed by atoms with E-state index in [4.69, 9.17) is 0 Å². The molecule has 0 atom stereocenters. The van der Waals surface area contributed by atoms with Crippen LogP contribution in [-0.4, -0.2) is 8.42 Å². The van der Waals surface area contributed by atoms with Gasteiger partial charge in [-0.15, -0.1) is 0 Å². The molecule has 0 saturated carbocycles. The van der Waals surface area contributed by atoms with E-state index >= 15 is 0 Å². The van der Waals surface area contributed by atoms with Gasteiger partial charge in [0.1, 0.15) is 0 Å². The van der Waals surface area contributed by atoms with Crippen LogP contribution in [0.15, 0.2) is 12.1 Å². The molecule has 0 bridgehead atoms. The number of nitrogens with one attached hydrogen (secondary N) is 1. The van der Waals surface area contributed by atoms with E-state index in [1.807, 2.05) is 26.8 Å². The van der Waals surface area contributed by atoms with E-state index in [1.54, 1.807) is 6.07 Å². The minimum atomic E-state index is -2.56. The highest BCUT2D eigenvalue weighted by Gasteiger charge is 2.02. The van der Waals surface area contributed by atoms with Crippen LogP contribution in [0.3, 0.4) is 0 Å². The Balaban J connectivity index is 3.18. The molecule has 0 fully saturated rings. The van der Waals surface area contributed by atoms with E-state index in [0.717, 1.165) is 11.1 Å². The third-order valence-electron chi connectivity index (χ3n) is 2.27. The van der Waals surface area contributed by atoms with E-state index in [0.29, 0.717) is 5.69 Å².